The van der Waals surface area contributed by atoms with Crippen molar-refractivity contribution in [1.82, 2.24) is 9.13 Å². The summed E-state index contributed by atoms with van der Waals surface area (Å²) in [5, 5.41) is 2.45. The van der Waals surface area contributed by atoms with Crippen molar-refractivity contribution in [3.8, 4) is 45.0 Å². The molecule has 0 aliphatic heterocycles. The second kappa shape index (κ2) is 10.1. The summed E-state index contributed by atoms with van der Waals surface area (Å²) in [6.07, 6.45) is 0. The molecule has 2 aromatic heterocycles. The molecule has 0 aliphatic rings. The molecule has 0 saturated carbocycles. The van der Waals surface area contributed by atoms with Crippen LogP contribution in [0.5, 0.6) is 0 Å². The molecule has 0 fully saturated rings. The van der Waals surface area contributed by atoms with Crippen molar-refractivity contribution in [2.24, 2.45) is 0 Å². The molecule has 0 radical (unpaired) electrons. The summed E-state index contributed by atoms with van der Waals surface area (Å²) in [6, 6.07) is 60.9. The van der Waals surface area contributed by atoms with Gasteiger partial charge in [0.05, 0.1) is 22.4 Å². The number of fused-ring (bicyclic) bond motifs is 2. The van der Waals surface area contributed by atoms with E-state index in [9.17, 15) is 0 Å². The standard InChI is InChI=1S/C40H28N2/c1-5-13-29(14-6-1)37-27-33-23-21-31(25-39(33)41(37)35-17-9-3-10-18-35)32-22-24-34-28-38(30-15-7-2-8-16-30)42(40(34)26-32)36-19-11-4-12-20-36/h1-28H. The van der Waals surface area contributed by atoms with Crippen LogP contribution < -0.4 is 0 Å². The van der Waals surface area contributed by atoms with E-state index < -0.39 is 0 Å². The summed E-state index contributed by atoms with van der Waals surface area (Å²) < 4.78 is 4.76. The second-order valence-electron chi connectivity index (χ2n) is 10.7. The van der Waals surface area contributed by atoms with Crippen LogP contribution in [0.25, 0.3) is 66.8 Å². The van der Waals surface area contributed by atoms with Crippen LogP contribution in [-0.2, 0) is 0 Å². The molecule has 0 unspecified atom stereocenters. The van der Waals surface area contributed by atoms with Gasteiger partial charge in [-0.15, -0.1) is 0 Å². The van der Waals surface area contributed by atoms with E-state index >= 15 is 0 Å². The minimum absolute atomic E-state index is 1.16. The Labute approximate surface area is 245 Å². The van der Waals surface area contributed by atoms with E-state index in [-0.39, 0.29) is 0 Å². The number of hydrogen-bond acceptors (Lipinski definition) is 0. The van der Waals surface area contributed by atoms with Gasteiger partial charge in [0.25, 0.3) is 0 Å². The van der Waals surface area contributed by atoms with Crippen molar-refractivity contribution in [1.29, 1.82) is 0 Å². The summed E-state index contributed by atoms with van der Waals surface area (Å²) in [6.45, 7) is 0. The third kappa shape index (κ3) is 4.13. The monoisotopic (exact) mass is 536 g/mol. The molecular formula is C40H28N2. The number of hydrogen-bond donors (Lipinski definition) is 0. The third-order valence-electron chi connectivity index (χ3n) is 8.11. The highest BCUT2D eigenvalue weighted by atomic mass is 15.0. The number of benzene rings is 6. The molecule has 0 atom stereocenters. The Balaban J connectivity index is 1.34. The maximum atomic E-state index is 2.38. The van der Waals surface area contributed by atoms with Crippen LogP contribution in [0.2, 0.25) is 0 Å². The fourth-order valence-corrected chi connectivity index (χ4v) is 6.11. The third-order valence-corrected chi connectivity index (χ3v) is 8.11. The summed E-state index contributed by atoms with van der Waals surface area (Å²) >= 11 is 0. The van der Waals surface area contributed by atoms with Crippen LogP contribution in [0.15, 0.2) is 170 Å². The number of rotatable bonds is 5. The first-order valence-electron chi connectivity index (χ1n) is 14.4. The maximum Gasteiger partial charge on any atom is 0.0541 e. The van der Waals surface area contributed by atoms with Crippen molar-refractivity contribution < 1.29 is 0 Å². The van der Waals surface area contributed by atoms with Gasteiger partial charge in [-0.2, -0.15) is 0 Å². The van der Waals surface area contributed by atoms with Gasteiger partial charge in [0, 0.05) is 22.1 Å². The Kier molecular flexibility index (Phi) is 5.82. The van der Waals surface area contributed by atoms with Gasteiger partial charge >= 0.3 is 0 Å². The van der Waals surface area contributed by atoms with Gasteiger partial charge in [-0.1, -0.05) is 121 Å². The maximum absolute atomic E-state index is 2.38. The average molecular weight is 537 g/mol. The zero-order valence-corrected chi connectivity index (χ0v) is 23.1. The van der Waals surface area contributed by atoms with E-state index in [0.717, 1.165) is 11.4 Å². The molecule has 6 aromatic carbocycles. The number of aromatic nitrogens is 2. The van der Waals surface area contributed by atoms with E-state index in [1.165, 1.54) is 55.4 Å². The number of para-hydroxylation sites is 2. The molecule has 8 rings (SSSR count). The average Bonchev–Trinajstić information content (AvgIpc) is 3.65. The molecule has 2 heteroatoms. The molecule has 42 heavy (non-hydrogen) atoms. The predicted molar refractivity (Wildman–Crippen MR) is 176 cm³/mol. The Morgan fingerprint density at radius 1 is 0.286 bits per heavy atom. The molecule has 0 bridgehead atoms. The molecule has 0 N–H and O–H groups in total. The first kappa shape index (κ1) is 24.2. The summed E-state index contributed by atoms with van der Waals surface area (Å²) in [5.41, 5.74) is 11.9. The van der Waals surface area contributed by atoms with Crippen LogP contribution in [0.4, 0.5) is 0 Å². The summed E-state index contributed by atoms with van der Waals surface area (Å²) in [5.74, 6) is 0. The predicted octanol–water partition coefficient (Wildman–Crippen LogP) is 10.6. The highest BCUT2D eigenvalue weighted by Crippen LogP contribution is 2.37. The SMILES string of the molecule is c1ccc(-c2cc3ccc(-c4ccc5cc(-c6ccccc6)n(-c6ccccc6)c5c4)cc3n2-c2ccccc2)cc1. The highest BCUT2D eigenvalue weighted by molar-refractivity contribution is 5.95. The number of nitrogens with zero attached hydrogens (tertiary/aromatic N) is 2. The van der Waals surface area contributed by atoms with Crippen LogP contribution >= 0.6 is 0 Å². The molecule has 198 valence electrons. The van der Waals surface area contributed by atoms with Gasteiger partial charge < -0.3 is 9.13 Å². The largest absolute Gasteiger partial charge is 0.309 e. The lowest BCUT2D eigenvalue weighted by molar-refractivity contribution is 1.13. The molecule has 0 aliphatic carbocycles. The van der Waals surface area contributed by atoms with Gasteiger partial charge in [0.2, 0.25) is 0 Å². The minimum Gasteiger partial charge on any atom is -0.309 e. The Morgan fingerprint density at radius 3 is 1.02 bits per heavy atom. The molecule has 2 heterocycles. The van der Waals surface area contributed by atoms with Crippen LogP contribution in [0.1, 0.15) is 0 Å². The van der Waals surface area contributed by atoms with Crippen LogP contribution in [-0.4, -0.2) is 9.13 Å². The first-order chi connectivity index (χ1) is 20.8. The highest BCUT2D eigenvalue weighted by Gasteiger charge is 2.16. The molecule has 2 nitrogen and oxygen atoms in total. The zero-order chi connectivity index (χ0) is 27.9. The topological polar surface area (TPSA) is 9.86 Å². The Morgan fingerprint density at radius 2 is 0.643 bits per heavy atom. The van der Waals surface area contributed by atoms with E-state index in [2.05, 4.69) is 179 Å². The van der Waals surface area contributed by atoms with E-state index in [4.69, 9.17) is 0 Å². The zero-order valence-electron chi connectivity index (χ0n) is 23.1. The van der Waals surface area contributed by atoms with E-state index in [1.54, 1.807) is 0 Å². The van der Waals surface area contributed by atoms with Crippen molar-refractivity contribution in [3.63, 3.8) is 0 Å². The second-order valence-corrected chi connectivity index (χ2v) is 10.7. The van der Waals surface area contributed by atoms with Crippen LogP contribution in [0.3, 0.4) is 0 Å². The first-order valence-corrected chi connectivity index (χ1v) is 14.4. The molecule has 0 amide bonds. The van der Waals surface area contributed by atoms with Crippen LogP contribution in [0, 0.1) is 0 Å². The molecule has 8 aromatic rings. The van der Waals surface area contributed by atoms with E-state index in [1.807, 2.05) is 0 Å². The van der Waals surface area contributed by atoms with E-state index in [0.29, 0.717) is 0 Å². The Bertz CT molecular complexity index is 2000. The van der Waals surface area contributed by atoms with Gasteiger partial charge in [0.15, 0.2) is 0 Å². The van der Waals surface area contributed by atoms with Crippen molar-refractivity contribution in [2.45, 2.75) is 0 Å². The minimum atomic E-state index is 1.16. The fraction of sp³-hybridized carbons (Fsp3) is 0. The summed E-state index contributed by atoms with van der Waals surface area (Å²) in [7, 11) is 0. The lowest BCUT2D eigenvalue weighted by Crippen LogP contribution is -1.97. The fourth-order valence-electron chi connectivity index (χ4n) is 6.11. The van der Waals surface area contributed by atoms with Crippen molar-refractivity contribution in [3.05, 3.63) is 170 Å². The smallest absolute Gasteiger partial charge is 0.0541 e. The van der Waals surface area contributed by atoms with Gasteiger partial charge in [0.1, 0.15) is 0 Å². The van der Waals surface area contributed by atoms with Gasteiger partial charge in [-0.3, -0.25) is 0 Å². The van der Waals surface area contributed by atoms with Crippen molar-refractivity contribution >= 4 is 21.8 Å². The quantitative estimate of drug-likeness (QED) is 0.207. The van der Waals surface area contributed by atoms with Crippen molar-refractivity contribution in [2.75, 3.05) is 0 Å². The lowest BCUT2D eigenvalue weighted by Gasteiger charge is -2.13. The lowest BCUT2D eigenvalue weighted by atomic mass is 10.0. The molecular weight excluding hydrogens is 508 g/mol. The van der Waals surface area contributed by atoms with Gasteiger partial charge in [-0.25, -0.2) is 0 Å². The molecule has 0 saturated heterocycles. The van der Waals surface area contributed by atoms with Gasteiger partial charge in [-0.05, 0) is 70.8 Å². The molecule has 0 spiro atoms. The Hall–Kier alpha value is -5.60. The normalized spacial score (nSPS) is 11.3. The summed E-state index contributed by atoms with van der Waals surface area (Å²) in [4.78, 5) is 0.